The van der Waals surface area contributed by atoms with Crippen LogP contribution in [0.5, 0.6) is 5.75 Å². The Labute approximate surface area is 121 Å². The van der Waals surface area contributed by atoms with E-state index in [2.05, 4.69) is 18.3 Å². The molecule has 1 aromatic rings. The lowest BCUT2D eigenvalue weighted by atomic mass is 10.1. The highest BCUT2D eigenvalue weighted by Gasteiger charge is 2.15. The fourth-order valence-electron chi connectivity index (χ4n) is 1.77. The molecule has 0 radical (unpaired) electrons. The van der Waals surface area contributed by atoms with Crippen molar-refractivity contribution in [2.24, 2.45) is 0 Å². The molecule has 1 aromatic carbocycles. The number of amides is 1. The first kappa shape index (κ1) is 16.3. The lowest BCUT2D eigenvalue weighted by molar-refractivity contribution is 0.0520. The summed E-state index contributed by atoms with van der Waals surface area (Å²) in [5, 5.41) is 2.68. The van der Waals surface area contributed by atoms with Crippen LogP contribution in [0.3, 0.4) is 0 Å². The molecule has 0 aliphatic rings. The third kappa shape index (κ3) is 5.11. The minimum atomic E-state index is -0.478. The molecule has 4 heteroatoms. The molecule has 0 spiro atoms. The van der Waals surface area contributed by atoms with Crippen LogP contribution in [-0.4, -0.2) is 24.8 Å². The van der Waals surface area contributed by atoms with Gasteiger partial charge in [-0.05, 0) is 58.2 Å². The standard InChI is InChI=1S/C16H25NO3/c1-11-7-8-12(2)14(13(11)3)19-10-9-17-15(18)20-16(4,5)6/h7-8H,9-10H2,1-6H3,(H,17,18). The van der Waals surface area contributed by atoms with Crippen LogP contribution in [0.15, 0.2) is 12.1 Å². The van der Waals surface area contributed by atoms with E-state index in [4.69, 9.17) is 9.47 Å². The van der Waals surface area contributed by atoms with Gasteiger partial charge < -0.3 is 14.8 Å². The van der Waals surface area contributed by atoms with Crippen LogP contribution in [-0.2, 0) is 4.74 Å². The number of hydrogen-bond donors (Lipinski definition) is 1. The first-order chi connectivity index (χ1) is 9.20. The zero-order valence-corrected chi connectivity index (χ0v) is 13.3. The van der Waals surface area contributed by atoms with E-state index in [0.717, 1.165) is 16.9 Å². The molecule has 0 aromatic heterocycles. The lowest BCUT2D eigenvalue weighted by Crippen LogP contribution is -2.34. The zero-order valence-electron chi connectivity index (χ0n) is 13.3. The normalized spacial score (nSPS) is 11.1. The first-order valence-electron chi connectivity index (χ1n) is 6.87. The number of ether oxygens (including phenoxy) is 2. The van der Waals surface area contributed by atoms with Crippen molar-refractivity contribution in [1.82, 2.24) is 5.32 Å². The van der Waals surface area contributed by atoms with Crippen LogP contribution >= 0.6 is 0 Å². The van der Waals surface area contributed by atoms with Crippen molar-refractivity contribution < 1.29 is 14.3 Å². The number of rotatable bonds is 4. The Kier molecular flexibility index (Phi) is 5.43. The molecule has 1 N–H and O–H groups in total. The zero-order chi connectivity index (χ0) is 15.3. The topological polar surface area (TPSA) is 47.6 Å². The number of alkyl carbamates (subject to hydrolysis) is 1. The van der Waals surface area contributed by atoms with E-state index in [1.165, 1.54) is 5.56 Å². The smallest absolute Gasteiger partial charge is 0.407 e. The molecule has 0 saturated heterocycles. The molecule has 20 heavy (non-hydrogen) atoms. The summed E-state index contributed by atoms with van der Waals surface area (Å²) in [4.78, 5) is 11.5. The molecule has 0 bridgehead atoms. The summed E-state index contributed by atoms with van der Waals surface area (Å²) in [5.74, 6) is 0.899. The number of nitrogens with one attached hydrogen (secondary N) is 1. The Balaban J connectivity index is 2.43. The van der Waals surface area contributed by atoms with Crippen molar-refractivity contribution in [2.75, 3.05) is 13.2 Å². The molecule has 4 nitrogen and oxygen atoms in total. The number of aryl methyl sites for hydroxylation is 2. The van der Waals surface area contributed by atoms with Crippen molar-refractivity contribution in [1.29, 1.82) is 0 Å². The Morgan fingerprint density at radius 2 is 1.75 bits per heavy atom. The molecular weight excluding hydrogens is 254 g/mol. The van der Waals surface area contributed by atoms with E-state index in [1.54, 1.807) is 0 Å². The van der Waals surface area contributed by atoms with Gasteiger partial charge in [0.05, 0.1) is 6.54 Å². The van der Waals surface area contributed by atoms with E-state index in [1.807, 2.05) is 40.7 Å². The van der Waals surface area contributed by atoms with E-state index >= 15 is 0 Å². The van der Waals surface area contributed by atoms with Gasteiger partial charge in [-0.1, -0.05) is 12.1 Å². The summed E-state index contributed by atoms with van der Waals surface area (Å²) in [7, 11) is 0. The third-order valence-electron chi connectivity index (χ3n) is 2.89. The van der Waals surface area contributed by atoms with Gasteiger partial charge in [0.1, 0.15) is 18.0 Å². The van der Waals surface area contributed by atoms with Gasteiger partial charge in [0, 0.05) is 0 Å². The van der Waals surface area contributed by atoms with Gasteiger partial charge in [0.2, 0.25) is 0 Å². The summed E-state index contributed by atoms with van der Waals surface area (Å²) in [6, 6.07) is 4.12. The Bertz CT molecular complexity index is 475. The largest absolute Gasteiger partial charge is 0.491 e. The predicted molar refractivity (Wildman–Crippen MR) is 80.4 cm³/mol. The molecule has 112 valence electrons. The summed E-state index contributed by atoms with van der Waals surface area (Å²) in [6.45, 7) is 12.5. The quantitative estimate of drug-likeness (QED) is 0.858. The van der Waals surface area contributed by atoms with Crippen molar-refractivity contribution >= 4 is 6.09 Å². The highest BCUT2D eigenvalue weighted by atomic mass is 16.6. The monoisotopic (exact) mass is 279 g/mol. The average molecular weight is 279 g/mol. The maximum atomic E-state index is 11.5. The van der Waals surface area contributed by atoms with Crippen LogP contribution < -0.4 is 10.1 Å². The van der Waals surface area contributed by atoms with E-state index < -0.39 is 11.7 Å². The van der Waals surface area contributed by atoms with Gasteiger partial charge in [-0.25, -0.2) is 4.79 Å². The van der Waals surface area contributed by atoms with Gasteiger partial charge in [-0.2, -0.15) is 0 Å². The Morgan fingerprint density at radius 1 is 1.15 bits per heavy atom. The SMILES string of the molecule is Cc1ccc(C)c(OCCNC(=O)OC(C)(C)C)c1C. The molecule has 0 heterocycles. The van der Waals surface area contributed by atoms with Crippen molar-refractivity contribution in [3.05, 3.63) is 28.8 Å². The Morgan fingerprint density at radius 3 is 2.35 bits per heavy atom. The maximum absolute atomic E-state index is 11.5. The molecule has 0 aliphatic carbocycles. The summed E-state index contributed by atoms with van der Waals surface area (Å²) < 4.78 is 10.9. The maximum Gasteiger partial charge on any atom is 0.407 e. The minimum Gasteiger partial charge on any atom is -0.491 e. The van der Waals surface area contributed by atoms with Crippen LogP contribution in [0.25, 0.3) is 0 Å². The van der Waals surface area contributed by atoms with Crippen molar-refractivity contribution in [3.63, 3.8) is 0 Å². The highest BCUT2D eigenvalue weighted by Crippen LogP contribution is 2.25. The second-order valence-electron chi connectivity index (χ2n) is 5.93. The number of benzene rings is 1. The highest BCUT2D eigenvalue weighted by molar-refractivity contribution is 5.67. The van der Waals surface area contributed by atoms with E-state index in [-0.39, 0.29) is 0 Å². The van der Waals surface area contributed by atoms with Crippen LogP contribution in [0.2, 0.25) is 0 Å². The van der Waals surface area contributed by atoms with Gasteiger partial charge in [0.15, 0.2) is 0 Å². The molecule has 0 unspecified atom stereocenters. The van der Waals surface area contributed by atoms with Crippen LogP contribution in [0, 0.1) is 20.8 Å². The molecular formula is C16H25NO3. The fraction of sp³-hybridized carbons (Fsp3) is 0.562. The summed E-state index contributed by atoms with van der Waals surface area (Å²) in [6.07, 6.45) is -0.418. The molecule has 1 rings (SSSR count). The third-order valence-corrected chi connectivity index (χ3v) is 2.89. The average Bonchev–Trinajstić information content (AvgIpc) is 2.31. The fourth-order valence-corrected chi connectivity index (χ4v) is 1.77. The lowest BCUT2D eigenvalue weighted by Gasteiger charge is -2.20. The summed E-state index contributed by atoms with van der Waals surface area (Å²) in [5.41, 5.74) is 2.97. The number of carbonyl (C=O) groups excluding carboxylic acids is 1. The number of hydrogen-bond acceptors (Lipinski definition) is 3. The molecule has 0 saturated carbocycles. The molecule has 1 amide bonds. The molecule has 0 atom stereocenters. The molecule has 0 aliphatic heterocycles. The van der Waals surface area contributed by atoms with E-state index in [9.17, 15) is 4.79 Å². The second-order valence-corrected chi connectivity index (χ2v) is 5.93. The van der Waals surface area contributed by atoms with Gasteiger partial charge in [-0.3, -0.25) is 0 Å². The van der Waals surface area contributed by atoms with Crippen molar-refractivity contribution in [2.45, 2.75) is 47.1 Å². The van der Waals surface area contributed by atoms with E-state index in [0.29, 0.717) is 13.2 Å². The van der Waals surface area contributed by atoms with Crippen LogP contribution in [0.4, 0.5) is 4.79 Å². The minimum absolute atomic E-state index is 0.418. The molecule has 0 fully saturated rings. The van der Waals surface area contributed by atoms with Gasteiger partial charge in [0.25, 0.3) is 0 Å². The van der Waals surface area contributed by atoms with Crippen LogP contribution in [0.1, 0.15) is 37.5 Å². The number of carbonyl (C=O) groups is 1. The second kappa shape index (κ2) is 6.64. The van der Waals surface area contributed by atoms with Gasteiger partial charge >= 0.3 is 6.09 Å². The van der Waals surface area contributed by atoms with Gasteiger partial charge in [-0.15, -0.1) is 0 Å². The van der Waals surface area contributed by atoms with Crippen molar-refractivity contribution in [3.8, 4) is 5.75 Å². The Hall–Kier alpha value is -1.71. The summed E-state index contributed by atoms with van der Waals surface area (Å²) >= 11 is 0. The predicted octanol–water partition coefficient (Wildman–Crippen LogP) is 3.52. The first-order valence-corrected chi connectivity index (χ1v) is 6.87.